The summed E-state index contributed by atoms with van der Waals surface area (Å²) < 4.78 is 0. The van der Waals surface area contributed by atoms with Crippen LogP contribution in [0.3, 0.4) is 0 Å². The van der Waals surface area contributed by atoms with Gasteiger partial charge in [-0.15, -0.1) is 0 Å². The van der Waals surface area contributed by atoms with Crippen LogP contribution in [-0.2, 0) is 4.79 Å². The molecule has 1 atom stereocenters. The maximum atomic E-state index is 11.5. The minimum absolute atomic E-state index is 0.238. The van der Waals surface area contributed by atoms with Gasteiger partial charge in [-0.3, -0.25) is 4.79 Å². The largest absolute Gasteiger partial charge is 0.356 e. The highest BCUT2D eigenvalue weighted by Crippen LogP contribution is 2.08. The summed E-state index contributed by atoms with van der Waals surface area (Å²) in [7, 11) is 0. The molecule has 0 aromatic heterocycles. The Balaban J connectivity index is 1.96. The van der Waals surface area contributed by atoms with Crippen LogP contribution in [0.5, 0.6) is 0 Å². The van der Waals surface area contributed by atoms with Crippen molar-refractivity contribution in [3.8, 4) is 0 Å². The lowest BCUT2D eigenvalue weighted by Crippen LogP contribution is -2.38. The number of carbonyl (C=O) groups is 1. The molecule has 1 amide bonds. The van der Waals surface area contributed by atoms with Gasteiger partial charge in [0.2, 0.25) is 5.91 Å². The molecular weight excluding hydrogens is 200 g/mol. The van der Waals surface area contributed by atoms with Gasteiger partial charge in [-0.05, 0) is 38.3 Å². The lowest BCUT2D eigenvalue weighted by molar-refractivity contribution is -0.121. The van der Waals surface area contributed by atoms with Crippen molar-refractivity contribution in [2.75, 3.05) is 19.6 Å². The smallest absolute Gasteiger partial charge is 0.220 e. The quantitative estimate of drug-likeness (QED) is 0.653. The van der Waals surface area contributed by atoms with Gasteiger partial charge in [0.05, 0.1) is 0 Å². The van der Waals surface area contributed by atoms with Crippen molar-refractivity contribution in [2.24, 2.45) is 5.92 Å². The third-order valence-electron chi connectivity index (χ3n) is 3.24. The number of carbonyl (C=O) groups excluding carboxylic acids is 1. The summed E-state index contributed by atoms with van der Waals surface area (Å²) in [5, 5.41) is 6.42. The molecule has 0 bridgehead atoms. The van der Waals surface area contributed by atoms with Crippen molar-refractivity contribution >= 4 is 5.91 Å². The van der Waals surface area contributed by atoms with Crippen LogP contribution in [0.1, 0.15) is 51.9 Å². The van der Waals surface area contributed by atoms with E-state index in [0.717, 1.165) is 26.1 Å². The highest BCUT2D eigenvalue weighted by atomic mass is 16.1. The summed E-state index contributed by atoms with van der Waals surface area (Å²) in [6.07, 6.45) is 7.92. The molecule has 1 fully saturated rings. The van der Waals surface area contributed by atoms with Crippen LogP contribution in [0.4, 0.5) is 0 Å². The van der Waals surface area contributed by atoms with Crippen LogP contribution >= 0.6 is 0 Å². The third kappa shape index (κ3) is 6.11. The molecule has 0 aromatic rings. The molecule has 1 rings (SSSR count). The standard InChI is InChI=1S/C13H26N2O/c1-2-3-4-5-8-13(16)15-11-12-7-6-9-14-10-12/h12,14H,2-11H2,1H3,(H,15,16). The number of hydrogen-bond donors (Lipinski definition) is 2. The molecule has 16 heavy (non-hydrogen) atoms. The van der Waals surface area contributed by atoms with E-state index in [-0.39, 0.29) is 5.91 Å². The monoisotopic (exact) mass is 226 g/mol. The second-order valence-electron chi connectivity index (χ2n) is 4.83. The van der Waals surface area contributed by atoms with E-state index >= 15 is 0 Å². The van der Waals surface area contributed by atoms with Crippen LogP contribution in [0.15, 0.2) is 0 Å². The van der Waals surface area contributed by atoms with Crippen molar-refractivity contribution in [1.82, 2.24) is 10.6 Å². The lowest BCUT2D eigenvalue weighted by Gasteiger charge is -2.22. The van der Waals surface area contributed by atoms with Gasteiger partial charge in [0.15, 0.2) is 0 Å². The minimum atomic E-state index is 0.238. The molecule has 0 spiro atoms. The third-order valence-corrected chi connectivity index (χ3v) is 3.24. The van der Waals surface area contributed by atoms with Crippen molar-refractivity contribution in [3.05, 3.63) is 0 Å². The molecule has 1 aliphatic rings. The van der Waals surface area contributed by atoms with Crippen LogP contribution in [0.25, 0.3) is 0 Å². The minimum Gasteiger partial charge on any atom is -0.356 e. The molecule has 0 radical (unpaired) electrons. The molecule has 3 nitrogen and oxygen atoms in total. The van der Waals surface area contributed by atoms with Gasteiger partial charge in [0, 0.05) is 13.0 Å². The first-order valence-corrected chi connectivity index (χ1v) is 6.80. The highest BCUT2D eigenvalue weighted by Gasteiger charge is 2.13. The normalized spacial score (nSPS) is 20.7. The number of rotatable bonds is 7. The average molecular weight is 226 g/mol. The molecule has 0 aromatic carbocycles. The average Bonchev–Trinajstić information content (AvgIpc) is 2.33. The number of amides is 1. The Hall–Kier alpha value is -0.570. The van der Waals surface area contributed by atoms with Gasteiger partial charge in [-0.25, -0.2) is 0 Å². The number of nitrogens with one attached hydrogen (secondary N) is 2. The van der Waals surface area contributed by atoms with E-state index in [1.165, 1.54) is 32.1 Å². The van der Waals surface area contributed by atoms with Gasteiger partial charge in [-0.1, -0.05) is 26.2 Å². The Morgan fingerprint density at radius 2 is 2.25 bits per heavy atom. The van der Waals surface area contributed by atoms with E-state index < -0.39 is 0 Å². The Morgan fingerprint density at radius 1 is 1.38 bits per heavy atom. The second-order valence-corrected chi connectivity index (χ2v) is 4.83. The van der Waals surface area contributed by atoms with Gasteiger partial charge < -0.3 is 10.6 Å². The maximum Gasteiger partial charge on any atom is 0.220 e. The van der Waals surface area contributed by atoms with Crippen LogP contribution in [0.2, 0.25) is 0 Å². The number of unbranched alkanes of at least 4 members (excludes halogenated alkanes) is 3. The Bertz CT molecular complexity index is 188. The van der Waals surface area contributed by atoms with E-state index in [1.807, 2.05) is 0 Å². The lowest BCUT2D eigenvalue weighted by atomic mass is 10.00. The van der Waals surface area contributed by atoms with E-state index in [9.17, 15) is 4.79 Å². The van der Waals surface area contributed by atoms with E-state index in [2.05, 4.69) is 17.6 Å². The van der Waals surface area contributed by atoms with Crippen molar-refractivity contribution in [2.45, 2.75) is 51.9 Å². The summed E-state index contributed by atoms with van der Waals surface area (Å²) in [5.74, 6) is 0.884. The van der Waals surface area contributed by atoms with E-state index in [0.29, 0.717) is 12.3 Å². The SMILES string of the molecule is CCCCCCC(=O)NCC1CCCNC1. The predicted molar refractivity (Wildman–Crippen MR) is 67.4 cm³/mol. The van der Waals surface area contributed by atoms with Crippen molar-refractivity contribution in [1.29, 1.82) is 0 Å². The van der Waals surface area contributed by atoms with Crippen molar-refractivity contribution in [3.63, 3.8) is 0 Å². The summed E-state index contributed by atoms with van der Waals surface area (Å²) in [5.41, 5.74) is 0. The molecule has 1 aliphatic heterocycles. The molecule has 0 saturated carbocycles. The first-order valence-electron chi connectivity index (χ1n) is 6.80. The van der Waals surface area contributed by atoms with E-state index in [1.54, 1.807) is 0 Å². The molecular formula is C13H26N2O. The fraction of sp³-hybridized carbons (Fsp3) is 0.923. The first-order chi connectivity index (χ1) is 7.83. The Kier molecular flexibility index (Phi) is 7.23. The fourth-order valence-electron chi connectivity index (χ4n) is 2.16. The van der Waals surface area contributed by atoms with Gasteiger partial charge in [0.1, 0.15) is 0 Å². The molecule has 0 aliphatic carbocycles. The second kappa shape index (κ2) is 8.57. The first kappa shape index (κ1) is 13.5. The van der Waals surface area contributed by atoms with Crippen LogP contribution in [-0.4, -0.2) is 25.5 Å². The van der Waals surface area contributed by atoms with Crippen LogP contribution in [0, 0.1) is 5.92 Å². The maximum absolute atomic E-state index is 11.5. The summed E-state index contributed by atoms with van der Waals surface area (Å²) >= 11 is 0. The van der Waals surface area contributed by atoms with Gasteiger partial charge in [0.25, 0.3) is 0 Å². The topological polar surface area (TPSA) is 41.1 Å². The molecule has 1 heterocycles. The molecule has 2 N–H and O–H groups in total. The predicted octanol–water partition coefficient (Wildman–Crippen LogP) is 2.07. The highest BCUT2D eigenvalue weighted by molar-refractivity contribution is 5.75. The Labute approximate surface area is 99.4 Å². The van der Waals surface area contributed by atoms with Crippen LogP contribution < -0.4 is 10.6 Å². The van der Waals surface area contributed by atoms with Gasteiger partial charge in [-0.2, -0.15) is 0 Å². The number of hydrogen-bond acceptors (Lipinski definition) is 2. The zero-order valence-electron chi connectivity index (χ0n) is 10.6. The molecule has 1 saturated heterocycles. The van der Waals surface area contributed by atoms with Gasteiger partial charge >= 0.3 is 0 Å². The summed E-state index contributed by atoms with van der Waals surface area (Å²) in [6.45, 7) is 5.26. The molecule has 1 unspecified atom stereocenters. The van der Waals surface area contributed by atoms with E-state index in [4.69, 9.17) is 0 Å². The summed E-state index contributed by atoms with van der Waals surface area (Å²) in [6, 6.07) is 0. The number of piperidine rings is 1. The van der Waals surface area contributed by atoms with Crippen molar-refractivity contribution < 1.29 is 4.79 Å². The fourth-order valence-corrected chi connectivity index (χ4v) is 2.16. The zero-order chi connectivity index (χ0) is 11.6. The summed E-state index contributed by atoms with van der Waals surface area (Å²) in [4.78, 5) is 11.5. The zero-order valence-corrected chi connectivity index (χ0v) is 10.6. The molecule has 3 heteroatoms. The molecule has 94 valence electrons. The Morgan fingerprint density at radius 3 is 2.94 bits per heavy atom.